The Labute approximate surface area is 172 Å². The number of hydrogen-bond acceptors (Lipinski definition) is 5. The van der Waals surface area contributed by atoms with E-state index in [2.05, 4.69) is 39.2 Å². The molecule has 8 nitrogen and oxygen atoms in total. The topological polar surface area (TPSA) is 89.5 Å². The van der Waals surface area contributed by atoms with Gasteiger partial charge in [-0.3, -0.25) is 4.99 Å². The molecule has 1 saturated heterocycles. The minimum atomic E-state index is 0.237. The standard InChI is InChI=1S/C21H32N6O2/c1-15(2)20-25-19-8-7-16(14-27(19)26-20)24-21(23-13-18-6-4-12-29-18)22-10-9-17-5-3-11-28-17/h3,5,11,15-16,18H,4,6-10,12-14H2,1-2H3,(H2,22,23,24). The molecule has 158 valence electrons. The third-order valence-electron chi connectivity index (χ3n) is 5.45. The van der Waals surface area contributed by atoms with Crippen molar-refractivity contribution in [2.75, 3.05) is 19.7 Å². The van der Waals surface area contributed by atoms with Gasteiger partial charge in [-0.25, -0.2) is 9.67 Å². The highest BCUT2D eigenvalue weighted by atomic mass is 16.5. The fraction of sp³-hybridized carbons (Fsp3) is 0.667. The molecular weight excluding hydrogens is 368 g/mol. The lowest BCUT2D eigenvalue weighted by Gasteiger charge is -2.25. The van der Waals surface area contributed by atoms with Crippen LogP contribution >= 0.6 is 0 Å². The Morgan fingerprint density at radius 1 is 1.38 bits per heavy atom. The molecule has 8 heteroatoms. The van der Waals surface area contributed by atoms with Gasteiger partial charge in [-0.1, -0.05) is 13.8 Å². The van der Waals surface area contributed by atoms with E-state index in [0.29, 0.717) is 12.5 Å². The molecule has 0 radical (unpaired) electrons. The Kier molecular flexibility index (Phi) is 6.49. The summed E-state index contributed by atoms with van der Waals surface area (Å²) >= 11 is 0. The van der Waals surface area contributed by atoms with E-state index in [4.69, 9.17) is 14.1 Å². The van der Waals surface area contributed by atoms with E-state index in [9.17, 15) is 0 Å². The largest absolute Gasteiger partial charge is 0.469 e. The van der Waals surface area contributed by atoms with Gasteiger partial charge < -0.3 is 19.8 Å². The van der Waals surface area contributed by atoms with Crippen LogP contribution in [0.4, 0.5) is 0 Å². The summed E-state index contributed by atoms with van der Waals surface area (Å²) < 4.78 is 13.2. The fourth-order valence-corrected chi connectivity index (χ4v) is 3.78. The van der Waals surface area contributed by atoms with Crippen LogP contribution in [-0.4, -0.2) is 52.6 Å². The highest BCUT2D eigenvalue weighted by Crippen LogP contribution is 2.17. The molecule has 2 aliphatic rings. The average molecular weight is 401 g/mol. The predicted octanol–water partition coefficient (Wildman–Crippen LogP) is 2.27. The normalized spacial score (nSPS) is 22.1. The molecule has 2 aromatic heterocycles. The lowest BCUT2D eigenvalue weighted by molar-refractivity contribution is 0.117. The van der Waals surface area contributed by atoms with Crippen molar-refractivity contribution in [3.63, 3.8) is 0 Å². The van der Waals surface area contributed by atoms with Crippen molar-refractivity contribution in [3.8, 4) is 0 Å². The molecule has 29 heavy (non-hydrogen) atoms. The van der Waals surface area contributed by atoms with E-state index in [1.807, 2.05) is 12.1 Å². The number of guanidine groups is 1. The highest BCUT2D eigenvalue weighted by molar-refractivity contribution is 5.80. The van der Waals surface area contributed by atoms with E-state index >= 15 is 0 Å². The molecule has 0 aliphatic carbocycles. The number of fused-ring (bicyclic) bond motifs is 1. The first-order chi connectivity index (χ1) is 14.2. The molecule has 2 aliphatic heterocycles. The van der Waals surface area contributed by atoms with Gasteiger partial charge in [0, 0.05) is 38.0 Å². The van der Waals surface area contributed by atoms with Crippen LogP contribution in [0.5, 0.6) is 0 Å². The summed E-state index contributed by atoms with van der Waals surface area (Å²) in [6, 6.07) is 4.20. The first-order valence-electron chi connectivity index (χ1n) is 10.8. The van der Waals surface area contributed by atoms with Gasteiger partial charge in [-0.15, -0.1) is 0 Å². The summed E-state index contributed by atoms with van der Waals surface area (Å²) in [6.45, 7) is 7.39. The van der Waals surface area contributed by atoms with Gasteiger partial charge in [-0.2, -0.15) is 5.10 Å². The molecule has 2 atom stereocenters. The zero-order valence-corrected chi connectivity index (χ0v) is 17.4. The van der Waals surface area contributed by atoms with E-state index < -0.39 is 0 Å². The van der Waals surface area contributed by atoms with Crippen molar-refractivity contribution < 1.29 is 9.15 Å². The van der Waals surface area contributed by atoms with Gasteiger partial charge >= 0.3 is 0 Å². The molecule has 0 saturated carbocycles. The van der Waals surface area contributed by atoms with Gasteiger partial charge in [0.05, 0.1) is 25.5 Å². The lowest BCUT2D eigenvalue weighted by atomic mass is 10.1. The molecule has 0 spiro atoms. The SMILES string of the molecule is CC(C)c1nc2n(n1)CC(NC(=NCC1CCCO1)NCCc1ccco1)CC2. The van der Waals surface area contributed by atoms with Crippen molar-refractivity contribution in [2.24, 2.45) is 4.99 Å². The Bertz CT molecular complexity index is 792. The summed E-state index contributed by atoms with van der Waals surface area (Å²) in [7, 11) is 0. The van der Waals surface area contributed by atoms with Crippen LogP contribution < -0.4 is 10.6 Å². The number of rotatable bonds is 7. The predicted molar refractivity (Wildman–Crippen MR) is 111 cm³/mol. The molecule has 2 unspecified atom stereocenters. The summed E-state index contributed by atoms with van der Waals surface area (Å²) in [5.41, 5.74) is 0. The Balaban J connectivity index is 1.36. The second-order valence-electron chi connectivity index (χ2n) is 8.18. The van der Waals surface area contributed by atoms with Gasteiger partial charge in [0.1, 0.15) is 11.6 Å². The molecule has 0 aromatic carbocycles. The minimum Gasteiger partial charge on any atom is -0.469 e. The van der Waals surface area contributed by atoms with Gasteiger partial charge in [0.2, 0.25) is 0 Å². The third kappa shape index (κ3) is 5.38. The van der Waals surface area contributed by atoms with E-state index in [-0.39, 0.29) is 12.1 Å². The van der Waals surface area contributed by atoms with Gasteiger partial charge in [-0.05, 0) is 31.4 Å². The zero-order valence-electron chi connectivity index (χ0n) is 17.4. The quantitative estimate of drug-likeness (QED) is 0.547. The van der Waals surface area contributed by atoms with E-state index in [0.717, 1.165) is 75.2 Å². The maximum atomic E-state index is 5.73. The Hall–Kier alpha value is -2.35. The smallest absolute Gasteiger partial charge is 0.191 e. The summed E-state index contributed by atoms with van der Waals surface area (Å²) in [4.78, 5) is 9.48. The molecular formula is C21H32N6O2. The van der Waals surface area contributed by atoms with Gasteiger partial charge in [0.25, 0.3) is 0 Å². The van der Waals surface area contributed by atoms with Crippen molar-refractivity contribution in [1.29, 1.82) is 0 Å². The lowest BCUT2D eigenvalue weighted by Crippen LogP contribution is -2.47. The Morgan fingerprint density at radius 2 is 2.31 bits per heavy atom. The second kappa shape index (κ2) is 9.43. The molecule has 4 rings (SSSR count). The number of ether oxygens (including phenoxy) is 1. The molecule has 4 heterocycles. The second-order valence-corrected chi connectivity index (χ2v) is 8.18. The minimum absolute atomic E-state index is 0.237. The van der Waals surface area contributed by atoms with Crippen molar-refractivity contribution >= 4 is 5.96 Å². The van der Waals surface area contributed by atoms with Crippen LogP contribution in [0.15, 0.2) is 27.8 Å². The van der Waals surface area contributed by atoms with E-state index in [1.54, 1.807) is 6.26 Å². The van der Waals surface area contributed by atoms with Crippen molar-refractivity contribution in [2.45, 2.75) is 70.6 Å². The van der Waals surface area contributed by atoms with Crippen LogP contribution in [0.2, 0.25) is 0 Å². The summed E-state index contributed by atoms with van der Waals surface area (Å²) in [6.07, 6.45) is 6.95. The number of nitrogens with zero attached hydrogens (tertiary/aromatic N) is 4. The van der Waals surface area contributed by atoms with Crippen LogP contribution in [-0.2, 0) is 24.1 Å². The van der Waals surface area contributed by atoms with Crippen LogP contribution in [0.25, 0.3) is 0 Å². The highest BCUT2D eigenvalue weighted by Gasteiger charge is 2.23. The molecule has 0 bridgehead atoms. The number of aliphatic imine (C=N–C) groups is 1. The Morgan fingerprint density at radius 3 is 3.07 bits per heavy atom. The van der Waals surface area contributed by atoms with Crippen LogP contribution in [0, 0.1) is 0 Å². The maximum Gasteiger partial charge on any atom is 0.191 e. The summed E-state index contributed by atoms with van der Waals surface area (Å²) in [5.74, 6) is 4.19. The number of aryl methyl sites for hydroxylation is 1. The molecule has 2 aromatic rings. The van der Waals surface area contributed by atoms with Crippen LogP contribution in [0.1, 0.15) is 56.4 Å². The van der Waals surface area contributed by atoms with Crippen molar-refractivity contribution in [1.82, 2.24) is 25.4 Å². The number of hydrogen-bond donors (Lipinski definition) is 2. The number of nitrogens with one attached hydrogen (secondary N) is 2. The fourth-order valence-electron chi connectivity index (χ4n) is 3.78. The average Bonchev–Trinajstić information content (AvgIpc) is 3.46. The van der Waals surface area contributed by atoms with Crippen molar-refractivity contribution in [3.05, 3.63) is 35.8 Å². The number of aromatic nitrogens is 3. The molecule has 2 N–H and O–H groups in total. The molecule has 0 amide bonds. The van der Waals surface area contributed by atoms with E-state index in [1.165, 1.54) is 0 Å². The number of furan rings is 1. The third-order valence-corrected chi connectivity index (χ3v) is 5.45. The first-order valence-corrected chi connectivity index (χ1v) is 10.8. The first kappa shape index (κ1) is 19.9. The zero-order chi connectivity index (χ0) is 20.1. The molecule has 1 fully saturated rings. The summed E-state index contributed by atoms with van der Waals surface area (Å²) in [5, 5.41) is 11.7. The maximum absolute atomic E-state index is 5.73. The monoisotopic (exact) mass is 400 g/mol. The van der Waals surface area contributed by atoms with Crippen LogP contribution in [0.3, 0.4) is 0 Å². The van der Waals surface area contributed by atoms with Gasteiger partial charge in [0.15, 0.2) is 11.8 Å².